The van der Waals surface area contributed by atoms with Crippen molar-refractivity contribution in [2.24, 2.45) is 0 Å². The molecule has 0 aliphatic rings. The van der Waals surface area contributed by atoms with Crippen molar-refractivity contribution in [1.82, 2.24) is 25.5 Å². The van der Waals surface area contributed by atoms with Gasteiger partial charge in [-0.3, -0.25) is 5.10 Å². The molecule has 2 heterocycles. The van der Waals surface area contributed by atoms with E-state index in [0.29, 0.717) is 6.54 Å². The Morgan fingerprint density at radius 2 is 2.06 bits per heavy atom. The number of aromatic amines is 2. The van der Waals surface area contributed by atoms with Crippen molar-refractivity contribution in [3.8, 4) is 0 Å². The van der Waals surface area contributed by atoms with E-state index < -0.39 is 0 Å². The summed E-state index contributed by atoms with van der Waals surface area (Å²) >= 11 is 0. The zero-order valence-electron chi connectivity index (χ0n) is 9.27. The van der Waals surface area contributed by atoms with Crippen LogP contribution in [0.25, 0.3) is 11.0 Å². The number of hydrogen-bond acceptors (Lipinski definition) is 3. The third-order valence-corrected chi connectivity index (χ3v) is 2.60. The predicted molar refractivity (Wildman–Crippen MR) is 65.2 cm³/mol. The molecule has 0 aliphatic heterocycles. The fraction of sp³-hybridized carbons (Fsp3) is 0.167. The molecule has 3 rings (SSSR count). The van der Waals surface area contributed by atoms with Gasteiger partial charge in [0.25, 0.3) is 0 Å². The number of hydrogen-bond donors (Lipinski definition) is 3. The van der Waals surface area contributed by atoms with Gasteiger partial charge in [-0.1, -0.05) is 12.1 Å². The van der Waals surface area contributed by atoms with Crippen molar-refractivity contribution in [3.05, 3.63) is 48.0 Å². The maximum absolute atomic E-state index is 4.49. The first-order valence-corrected chi connectivity index (χ1v) is 5.54. The van der Waals surface area contributed by atoms with E-state index in [4.69, 9.17) is 0 Å². The van der Waals surface area contributed by atoms with Crippen LogP contribution in [0.1, 0.15) is 11.5 Å². The third-order valence-electron chi connectivity index (χ3n) is 2.60. The lowest BCUT2D eigenvalue weighted by molar-refractivity contribution is 0.657. The Morgan fingerprint density at radius 1 is 1.12 bits per heavy atom. The van der Waals surface area contributed by atoms with E-state index in [-0.39, 0.29) is 0 Å². The first kappa shape index (κ1) is 10.0. The summed E-state index contributed by atoms with van der Waals surface area (Å²) in [6.07, 6.45) is 1.75. The normalized spacial score (nSPS) is 11.1. The van der Waals surface area contributed by atoms with Crippen LogP contribution in [0.15, 0.2) is 36.5 Å². The van der Waals surface area contributed by atoms with Crippen LogP contribution in [0.4, 0.5) is 0 Å². The number of aromatic nitrogens is 4. The van der Waals surface area contributed by atoms with Crippen molar-refractivity contribution in [1.29, 1.82) is 0 Å². The number of nitrogens with one attached hydrogen (secondary N) is 3. The quantitative estimate of drug-likeness (QED) is 0.633. The van der Waals surface area contributed by atoms with E-state index >= 15 is 0 Å². The molecule has 5 nitrogen and oxygen atoms in total. The largest absolute Gasteiger partial charge is 0.341 e. The van der Waals surface area contributed by atoms with Crippen LogP contribution in [0, 0.1) is 0 Å². The van der Waals surface area contributed by atoms with Crippen LogP contribution in [0.2, 0.25) is 0 Å². The minimum Gasteiger partial charge on any atom is -0.341 e. The Balaban J connectivity index is 1.65. The Hall–Kier alpha value is -2.14. The SMILES string of the molecule is c1ccc2[nH]c(CNCc3ccn[nH]3)nc2c1. The molecule has 0 amide bonds. The standard InChI is InChI=1S/C12H13N5/c1-2-4-11-10(3-1)15-12(16-11)8-13-7-9-5-6-14-17-9/h1-6,13H,7-8H2,(H,14,17)(H,15,16). The van der Waals surface area contributed by atoms with Crippen molar-refractivity contribution < 1.29 is 0 Å². The van der Waals surface area contributed by atoms with E-state index in [1.165, 1.54) is 0 Å². The number of nitrogens with zero attached hydrogens (tertiary/aromatic N) is 2. The first-order chi connectivity index (χ1) is 8.42. The molecule has 0 radical (unpaired) electrons. The fourth-order valence-corrected chi connectivity index (χ4v) is 1.79. The second kappa shape index (κ2) is 4.39. The summed E-state index contributed by atoms with van der Waals surface area (Å²) in [6.45, 7) is 1.48. The van der Waals surface area contributed by atoms with Gasteiger partial charge in [0.2, 0.25) is 0 Å². The second-order valence-corrected chi connectivity index (χ2v) is 3.89. The maximum atomic E-state index is 4.49. The van der Waals surface area contributed by atoms with E-state index in [1.54, 1.807) is 6.20 Å². The van der Waals surface area contributed by atoms with Crippen LogP contribution in [-0.4, -0.2) is 20.2 Å². The number of fused-ring (bicyclic) bond motifs is 1. The average molecular weight is 227 g/mol. The molecule has 0 bridgehead atoms. The number of H-pyrrole nitrogens is 2. The average Bonchev–Trinajstić information content (AvgIpc) is 2.96. The van der Waals surface area contributed by atoms with Gasteiger partial charge in [0.05, 0.1) is 17.6 Å². The number of para-hydroxylation sites is 2. The molecule has 1 aromatic carbocycles. The maximum Gasteiger partial charge on any atom is 0.121 e. The molecule has 0 spiro atoms. The summed E-state index contributed by atoms with van der Waals surface area (Å²) in [6, 6.07) is 9.98. The molecular weight excluding hydrogens is 214 g/mol. The summed E-state index contributed by atoms with van der Waals surface area (Å²) in [5.41, 5.74) is 3.15. The Morgan fingerprint density at radius 3 is 2.88 bits per heavy atom. The van der Waals surface area contributed by atoms with Crippen molar-refractivity contribution in [2.75, 3.05) is 0 Å². The molecule has 0 fully saturated rings. The Kier molecular flexibility index (Phi) is 2.59. The van der Waals surface area contributed by atoms with Gasteiger partial charge in [-0.25, -0.2) is 4.98 Å². The van der Waals surface area contributed by atoms with Gasteiger partial charge in [0.1, 0.15) is 5.82 Å². The Labute approximate surface area is 98.3 Å². The fourth-order valence-electron chi connectivity index (χ4n) is 1.79. The van der Waals surface area contributed by atoms with Gasteiger partial charge in [0.15, 0.2) is 0 Å². The third kappa shape index (κ3) is 2.19. The highest BCUT2D eigenvalue weighted by molar-refractivity contribution is 5.74. The van der Waals surface area contributed by atoms with E-state index in [2.05, 4.69) is 25.5 Å². The minimum atomic E-state index is 0.716. The molecule has 86 valence electrons. The number of benzene rings is 1. The zero-order chi connectivity index (χ0) is 11.5. The lowest BCUT2D eigenvalue weighted by Gasteiger charge is -1.99. The van der Waals surface area contributed by atoms with Crippen LogP contribution in [0.3, 0.4) is 0 Å². The molecule has 0 atom stereocenters. The number of rotatable bonds is 4. The van der Waals surface area contributed by atoms with Crippen molar-refractivity contribution >= 4 is 11.0 Å². The molecule has 0 unspecified atom stereocenters. The van der Waals surface area contributed by atoms with Gasteiger partial charge < -0.3 is 10.3 Å². The molecule has 0 saturated carbocycles. The van der Waals surface area contributed by atoms with E-state index in [0.717, 1.165) is 29.1 Å². The van der Waals surface area contributed by atoms with Gasteiger partial charge in [-0.2, -0.15) is 5.10 Å². The van der Waals surface area contributed by atoms with Crippen molar-refractivity contribution in [2.45, 2.75) is 13.1 Å². The topological polar surface area (TPSA) is 69.4 Å². The molecular formula is C12H13N5. The zero-order valence-corrected chi connectivity index (χ0v) is 9.27. The summed E-state index contributed by atoms with van der Waals surface area (Å²) in [4.78, 5) is 7.76. The summed E-state index contributed by atoms with van der Waals surface area (Å²) < 4.78 is 0. The molecule has 3 N–H and O–H groups in total. The van der Waals surface area contributed by atoms with Crippen LogP contribution < -0.4 is 5.32 Å². The van der Waals surface area contributed by atoms with Crippen LogP contribution >= 0.6 is 0 Å². The lowest BCUT2D eigenvalue weighted by Crippen LogP contribution is -2.13. The van der Waals surface area contributed by atoms with Crippen LogP contribution in [-0.2, 0) is 13.1 Å². The van der Waals surface area contributed by atoms with E-state index in [1.807, 2.05) is 30.3 Å². The highest BCUT2D eigenvalue weighted by atomic mass is 15.1. The molecule has 17 heavy (non-hydrogen) atoms. The van der Waals surface area contributed by atoms with Crippen molar-refractivity contribution in [3.63, 3.8) is 0 Å². The molecule has 5 heteroatoms. The molecule has 2 aromatic heterocycles. The summed E-state index contributed by atoms with van der Waals surface area (Å²) in [5, 5.41) is 10.1. The molecule has 3 aromatic rings. The number of imidazole rings is 1. The van der Waals surface area contributed by atoms with Gasteiger partial charge in [0, 0.05) is 18.4 Å². The van der Waals surface area contributed by atoms with Gasteiger partial charge >= 0.3 is 0 Å². The van der Waals surface area contributed by atoms with Crippen LogP contribution in [0.5, 0.6) is 0 Å². The Bertz CT molecular complexity index is 563. The van der Waals surface area contributed by atoms with E-state index in [9.17, 15) is 0 Å². The summed E-state index contributed by atoms with van der Waals surface area (Å²) in [5.74, 6) is 0.950. The highest BCUT2D eigenvalue weighted by Gasteiger charge is 2.01. The summed E-state index contributed by atoms with van der Waals surface area (Å²) in [7, 11) is 0. The van der Waals surface area contributed by atoms with Gasteiger partial charge in [-0.15, -0.1) is 0 Å². The van der Waals surface area contributed by atoms with Gasteiger partial charge in [-0.05, 0) is 18.2 Å². The minimum absolute atomic E-state index is 0.716. The first-order valence-electron chi connectivity index (χ1n) is 5.54. The lowest BCUT2D eigenvalue weighted by atomic mass is 10.3. The highest BCUT2D eigenvalue weighted by Crippen LogP contribution is 2.09. The smallest absolute Gasteiger partial charge is 0.121 e. The molecule has 0 saturated heterocycles. The molecule has 0 aliphatic carbocycles. The second-order valence-electron chi connectivity index (χ2n) is 3.89. The predicted octanol–water partition coefficient (Wildman–Crippen LogP) is 1.58. The monoisotopic (exact) mass is 227 g/mol.